The molecule has 1 unspecified atom stereocenters. The van der Waals surface area contributed by atoms with Crippen LogP contribution >= 0.6 is 0 Å². The topological polar surface area (TPSA) is 21.3 Å². The molecule has 1 N–H and O–H groups in total. The first-order chi connectivity index (χ1) is 5.16. The lowest BCUT2D eigenvalue weighted by Gasteiger charge is -2.12. The lowest BCUT2D eigenvalue weighted by molar-refractivity contribution is 0.185. The van der Waals surface area contributed by atoms with Crippen molar-refractivity contribution in [3.05, 3.63) is 12.2 Å². The highest BCUT2D eigenvalue weighted by Crippen LogP contribution is 1.92. The van der Waals surface area contributed by atoms with Crippen LogP contribution in [0.15, 0.2) is 12.2 Å². The van der Waals surface area contributed by atoms with Crippen LogP contribution in [0, 0.1) is 0 Å². The van der Waals surface area contributed by atoms with Gasteiger partial charge in [0.05, 0.1) is 0 Å². The van der Waals surface area contributed by atoms with Crippen molar-refractivity contribution < 1.29 is 4.74 Å². The van der Waals surface area contributed by atoms with Crippen molar-refractivity contribution in [3.8, 4) is 0 Å². The molecule has 0 aliphatic rings. The fraction of sp³-hybridized carbons (Fsp3) is 0.778. The summed E-state index contributed by atoms with van der Waals surface area (Å²) in [6.07, 6.45) is 1.06. The highest BCUT2D eigenvalue weighted by molar-refractivity contribution is 4.91. The molecule has 0 aromatic heterocycles. The van der Waals surface area contributed by atoms with Gasteiger partial charge in [0.25, 0.3) is 0 Å². The molecule has 0 heterocycles. The predicted octanol–water partition coefficient (Wildman–Crippen LogP) is 1.58. The quantitative estimate of drug-likeness (QED) is 0.591. The zero-order valence-corrected chi connectivity index (χ0v) is 7.81. The molecule has 0 amide bonds. The van der Waals surface area contributed by atoms with Crippen molar-refractivity contribution in [3.63, 3.8) is 0 Å². The number of ether oxygens (including phenoxy) is 1. The Balaban J connectivity index is 3.22. The average molecular weight is 157 g/mol. The Hall–Kier alpha value is -0.340. The second kappa shape index (κ2) is 6.38. The summed E-state index contributed by atoms with van der Waals surface area (Å²) >= 11 is 0. The Bertz CT molecular complexity index is 112. The Morgan fingerprint density at radius 2 is 2.27 bits per heavy atom. The minimum absolute atomic E-state index is 0.520. The maximum absolute atomic E-state index is 4.96. The van der Waals surface area contributed by atoms with E-state index in [1.165, 1.54) is 5.57 Å². The molecule has 1 atom stereocenters. The summed E-state index contributed by atoms with van der Waals surface area (Å²) in [6.45, 7) is 9.72. The third-order valence-corrected chi connectivity index (χ3v) is 1.51. The Labute approximate surface area is 69.6 Å². The smallest absolute Gasteiger partial charge is 0.0476 e. The van der Waals surface area contributed by atoms with Crippen LogP contribution in [0.3, 0.4) is 0 Å². The molecule has 0 saturated heterocycles. The van der Waals surface area contributed by atoms with Crippen molar-refractivity contribution in [2.75, 3.05) is 20.3 Å². The van der Waals surface area contributed by atoms with E-state index in [0.717, 1.165) is 19.6 Å². The lowest BCUT2D eigenvalue weighted by atomic mass is 10.2. The standard InChI is InChI=1S/C9H19NO/c1-8(2)7-10-9(3)5-6-11-4/h9-10H,1,5-7H2,2-4H3. The van der Waals surface area contributed by atoms with Gasteiger partial charge in [-0.15, -0.1) is 0 Å². The Morgan fingerprint density at radius 3 is 2.73 bits per heavy atom. The maximum Gasteiger partial charge on any atom is 0.0476 e. The monoisotopic (exact) mass is 157 g/mol. The first-order valence-corrected chi connectivity index (χ1v) is 4.03. The van der Waals surface area contributed by atoms with Gasteiger partial charge < -0.3 is 10.1 Å². The third-order valence-electron chi connectivity index (χ3n) is 1.51. The summed E-state index contributed by atoms with van der Waals surface area (Å²) in [7, 11) is 1.73. The Morgan fingerprint density at radius 1 is 1.64 bits per heavy atom. The van der Waals surface area contributed by atoms with Crippen LogP contribution in [0.2, 0.25) is 0 Å². The van der Waals surface area contributed by atoms with Crippen molar-refractivity contribution in [1.29, 1.82) is 0 Å². The number of rotatable bonds is 6. The summed E-state index contributed by atoms with van der Waals surface area (Å²) in [5, 5.41) is 3.34. The van der Waals surface area contributed by atoms with Gasteiger partial charge in [0.2, 0.25) is 0 Å². The molecule has 11 heavy (non-hydrogen) atoms. The van der Waals surface area contributed by atoms with E-state index in [-0.39, 0.29) is 0 Å². The van der Waals surface area contributed by atoms with E-state index in [1.807, 2.05) is 6.92 Å². The minimum Gasteiger partial charge on any atom is -0.385 e. The molecule has 0 radical (unpaired) electrons. The molecule has 0 fully saturated rings. The second-order valence-electron chi connectivity index (χ2n) is 3.02. The highest BCUT2D eigenvalue weighted by Gasteiger charge is 1.98. The largest absolute Gasteiger partial charge is 0.385 e. The van der Waals surface area contributed by atoms with E-state index in [1.54, 1.807) is 7.11 Å². The van der Waals surface area contributed by atoms with Crippen molar-refractivity contribution in [1.82, 2.24) is 5.32 Å². The van der Waals surface area contributed by atoms with Crippen LogP contribution in [0.4, 0.5) is 0 Å². The first kappa shape index (κ1) is 10.7. The first-order valence-electron chi connectivity index (χ1n) is 4.03. The highest BCUT2D eigenvalue weighted by atomic mass is 16.5. The molecule has 0 aliphatic heterocycles. The fourth-order valence-electron chi connectivity index (χ4n) is 0.745. The molecule has 0 aliphatic carbocycles. The normalized spacial score (nSPS) is 13.0. The van der Waals surface area contributed by atoms with E-state index in [2.05, 4.69) is 18.8 Å². The molecular weight excluding hydrogens is 138 g/mol. The van der Waals surface area contributed by atoms with Gasteiger partial charge in [0.1, 0.15) is 0 Å². The third kappa shape index (κ3) is 7.56. The summed E-state index contributed by atoms with van der Waals surface area (Å²) in [6, 6.07) is 0.520. The van der Waals surface area contributed by atoms with Gasteiger partial charge in [-0.25, -0.2) is 0 Å². The fourth-order valence-corrected chi connectivity index (χ4v) is 0.745. The van der Waals surface area contributed by atoms with Crippen LogP contribution in [0.5, 0.6) is 0 Å². The zero-order chi connectivity index (χ0) is 8.69. The molecule has 0 rings (SSSR count). The summed E-state index contributed by atoms with van der Waals surface area (Å²) < 4.78 is 4.96. The van der Waals surface area contributed by atoms with Gasteiger partial charge in [-0.3, -0.25) is 0 Å². The van der Waals surface area contributed by atoms with E-state index >= 15 is 0 Å². The Kier molecular flexibility index (Phi) is 6.18. The van der Waals surface area contributed by atoms with Crippen molar-refractivity contribution in [2.45, 2.75) is 26.3 Å². The zero-order valence-electron chi connectivity index (χ0n) is 7.81. The molecule has 0 saturated carbocycles. The van der Waals surface area contributed by atoms with Gasteiger partial charge in [0.15, 0.2) is 0 Å². The average Bonchev–Trinajstić information content (AvgIpc) is 1.97. The molecule has 0 bridgehead atoms. The number of methoxy groups -OCH3 is 1. The number of hydrogen-bond acceptors (Lipinski definition) is 2. The van der Waals surface area contributed by atoms with Gasteiger partial charge in [-0.1, -0.05) is 12.2 Å². The van der Waals surface area contributed by atoms with E-state index in [0.29, 0.717) is 6.04 Å². The minimum atomic E-state index is 0.520. The van der Waals surface area contributed by atoms with Crippen molar-refractivity contribution >= 4 is 0 Å². The van der Waals surface area contributed by atoms with Gasteiger partial charge in [0, 0.05) is 26.3 Å². The maximum atomic E-state index is 4.96. The molecule has 0 aromatic rings. The molecule has 2 nitrogen and oxygen atoms in total. The molecule has 0 spiro atoms. The molecule has 2 heteroatoms. The van der Waals surface area contributed by atoms with Gasteiger partial charge in [-0.2, -0.15) is 0 Å². The lowest BCUT2D eigenvalue weighted by Crippen LogP contribution is -2.28. The van der Waals surface area contributed by atoms with Crippen LogP contribution in [0.25, 0.3) is 0 Å². The SMILES string of the molecule is C=C(C)CNC(C)CCOC. The number of nitrogens with one attached hydrogen (secondary N) is 1. The van der Waals surface area contributed by atoms with Crippen LogP contribution in [-0.4, -0.2) is 26.3 Å². The number of hydrogen-bond donors (Lipinski definition) is 1. The van der Waals surface area contributed by atoms with Crippen LogP contribution in [-0.2, 0) is 4.74 Å². The van der Waals surface area contributed by atoms with Gasteiger partial charge >= 0.3 is 0 Å². The van der Waals surface area contributed by atoms with Crippen LogP contribution in [0.1, 0.15) is 20.3 Å². The van der Waals surface area contributed by atoms with Crippen LogP contribution < -0.4 is 5.32 Å². The summed E-state index contributed by atoms with van der Waals surface area (Å²) in [5.41, 5.74) is 1.18. The van der Waals surface area contributed by atoms with Crippen molar-refractivity contribution in [2.24, 2.45) is 0 Å². The summed E-state index contributed by atoms with van der Waals surface area (Å²) in [4.78, 5) is 0. The molecule has 0 aromatic carbocycles. The van der Waals surface area contributed by atoms with E-state index < -0.39 is 0 Å². The molecular formula is C9H19NO. The molecule has 66 valence electrons. The van der Waals surface area contributed by atoms with E-state index in [4.69, 9.17) is 4.74 Å². The summed E-state index contributed by atoms with van der Waals surface area (Å²) in [5.74, 6) is 0. The van der Waals surface area contributed by atoms with Gasteiger partial charge in [-0.05, 0) is 20.3 Å². The van der Waals surface area contributed by atoms with E-state index in [9.17, 15) is 0 Å². The second-order valence-corrected chi connectivity index (χ2v) is 3.02. The predicted molar refractivity (Wildman–Crippen MR) is 48.8 cm³/mol.